The van der Waals surface area contributed by atoms with Crippen LogP contribution in [0, 0.1) is 0 Å². The Bertz CT molecular complexity index is 1900. The summed E-state index contributed by atoms with van der Waals surface area (Å²) in [7, 11) is -4.40. The number of esters is 2. The van der Waals surface area contributed by atoms with Crippen molar-refractivity contribution in [2.24, 2.45) is 5.73 Å². The Hall–Kier alpha value is -4.11. The minimum atomic E-state index is -4.40. The molecule has 0 aromatic carbocycles. The monoisotopic (exact) mass is 1200 g/mol. The summed E-state index contributed by atoms with van der Waals surface area (Å²) >= 11 is 0. The van der Waals surface area contributed by atoms with E-state index in [1.54, 1.807) is 0 Å². The SMILES string of the molecule is CC/C=C\C/C=C\C/C=C\C/C=C\C/C=C\C/C=C\CCCCCCCCCCCCCCCCCCC(=O)OC(COC(=O)CCCCCCCCCCCC/C=C\C/C=C\C/C=C\C/C=C\C/C=C\C/C=C\CC)COP(=O)(O)OCCN. The molecule has 85 heavy (non-hydrogen) atoms. The zero-order chi connectivity index (χ0) is 61.6. The molecule has 0 aliphatic heterocycles. The lowest BCUT2D eigenvalue weighted by molar-refractivity contribution is -0.161. The normalized spacial score (nSPS) is 13.9. The molecular formula is C75H126NO8P. The fraction of sp³-hybridized carbons (Fsp3) is 0.653. The number of carbonyl (C=O) groups is 2. The number of hydrogen-bond donors (Lipinski definition) is 2. The molecule has 0 aliphatic carbocycles. The summed E-state index contributed by atoms with van der Waals surface area (Å²) in [5.41, 5.74) is 5.40. The topological polar surface area (TPSA) is 134 Å². The number of nitrogens with two attached hydrogens (primary N) is 1. The number of phosphoric acid groups is 1. The van der Waals surface area contributed by atoms with Gasteiger partial charge in [-0.3, -0.25) is 18.6 Å². The summed E-state index contributed by atoms with van der Waals surface area (Å²) in [6.45, 7) is 3.52. The Balaban J connectivity index is 3.92. The van der Waals surface area contributed by atoms with Crippen LogP contribution >= 0.6 is 7.82 Å². The van der Waals surface area contributed by atoms with Crippen LogP contribution in [0.15, 0.2) is 146 Å². The third-order valence-electron chi connectivity index (χ3n) is 14.2. The van der Waals surface area contributed by atoms with Crippen molar-refractivity contribution in [1.29, 1.82) is 0 Å². The molecule has 0 saturated carbocycles. The average molecular weight is 1200 g/mol. The molecule has 2 unspecified atom stereocenters. The average Bonchev–Trinajstić information content (AvgIpc) is 3.52. The van der Waals surface area contributed by atoms with Gasteiger partial charge in [-0.2, -0.15) is 0 Å². The van der Waals surface area contributed by atoms with Crippen LogP contribution in [-0.2, 0) is 32.7 Å². The molecule has 0 radical (unpaired) electrons. The highest BCUT2D eigenvalue weighted by atomic mass is 31.2. The molecule has 0 fully saturated rings. The number of rotatable bonds is 63. The second kappa shape index (κ2) is 69.0. The molecule has 0 rings (SSSR count). The standard InChI is InChI=1S/C75H126NO8P/c1-3-5-7-9-11-13-15-17-19-21-23-25-27-29-31-33-34-35-36-37-38-40-42-44-46-48-50-52-54-56-58-60-62-64-66-68-75(78)84-73(72-83-85(79,80)82-70-69-76)71-81-74(77)67-65-63-61-59-57-55-53-51-49-47-45-43-41-39-32-30-28-26-24-22-20-18-16-14-12-10-8-6-4-2/h5-8,11-14,17-20,23-26,29-32,34-35,41,43,73H,3-4,9-10,15-16,21-22,27-28,33,36-40,42,44-72,76H2,1-2H3,(H,79,80)/b7-5-,8-6-,13-11-,14-12-,19-17-,20-18-,25-23-,26-24-,31-29-,32-30-,35-34-,43-41-. The van der Waals surface area contributed by atoms with Gasteiger partial charge in [-0.05, 0) is 116 Å². The van der Waals surface area contributed by atoms with E-state index in [4.69, 9.17) is 24.3 Å². The van der Waals surface area contributed by atoms with Gasteiger partial charge < -0.3 is 20.1 Å². The second-order valence-corrected chi connectivity index (χ2v) is 23.7. The summed E-state index contributed by atoms with van der Waals surface area (Å²) in [6, 6.07) is 0. The Morgan fingerprint density at radius 2 is 0.612 bits per heavy atom. The fourth-order valence-electron chi connectivity index (χ4n) is 9.23. The van der Waals surface area contributed by atoms with Gasteiger partial charge in [0, 0.05) is 19.4 Å². The summed E-state index contributed by atoms with van der Waals surface area (Å²) in [5, 5.41) is 0. The molecule has 0 aliphatic rings. The number of unbranched alkanes of at least 4 members (excludes halogenated alkanes) is 26. The summed E-state index contributed by atoms with van der Waals surface area (Å²) in [4.78, 5) is 35.4. The van der Waals surface area contributed by atoms with E-state index in [0.717, 1.165) is 128 Å². The molecule has 484 valence electrons. The molecule has 0 heterocycles. The van der Waals surface area contributed by atoms with Gasteiger partial charge >= 0.3 is 19.8 Å². The van der Waals surface area contributed by atoms with E-state index in [2.05, 4.69) is 160 Å². The van der Waals surface area contributed by atoms with Crippen LogP contribution in [0.3, 0.4) is 0 Å². The van der Waals surface area contributed by atoms with Gasteiger partial charge in [0.15, 0.2) is 6.10 Å². The van der Waals surface area contributed by atoms with Crippen molar-refractivity contribution in [3.05, 3.63) is 146 Å². The summed E-state index contributed by atoms with van der Waals surface area (Å²) < 4.78 is 33.2. The number of allylic oxidation sites excluding steroid dienone is 24. The molecule has 0 spiro atoms. The first-order chi connectivity index (χ1) is 41.8. The van der Waals surface area contributed by atoms with E-state index in [0.29, 0.717) is 6.42 Å². The van der Waals surface area contributed by atoms with Crippen molar-refractivity contribution < 1.29 is 37.6 Å². The molecule has 0 saturated heterocycles. The van der Waals surface area contributed by atoms with Crippen LogP contribution in [0.25, 0.3) is 0 Å². The molecule has 0 aromatic heterocycles. The van der Waals surface area contributed by atoms with Crippen molar-refractivity contribution in [1.82, 2.24) is 0 Å². The number of ether oxygens (including phenoxy) is 2. The minimum absolute atomic E-state index is 0.0472. The van der Waals surface area contributed by atoms with Crippen LogP contribution in [0.2, 0.25) is 0 Å². The Labute approximate surface area is 522 Å². The smallest absolute Gasteiger partial charge is 0.462 e. The van der Waals surface area contributed by atoms with Gasteiger partial charge in [0.25, 0.3) is 0 Å². The Kier molecular flexibility index (Phi) is 65.7. The molecule has 0 bridgehead atoms. The first kappa shape index (κ1) is 80.9. The van der Waals surface area contributed by atoms with Gasteiger partial charge in [-0.1, -0.05) is 301 Å². The van der Waals surface area contributed by atoms with Crippen molar-refractivity contribution in [2.75, 3.05) is 26.4 Å². The largest absolute Gasteiger partial charge is 0.472 e. The van der Waals surface area contributed by atoms with Crippen LogP contribution in [0.5, 0.6) is 0 Å². The first-order valence-corrected chi connectivity index (χ1v) is 35.8. The highest BCUT2D eigenvalue weighted by Gasteiger charge is 2.26. The fourth-order valence-corrected chi connectivity index (χ4v) is 10.00. The lowest BCUT2D eigenvalue weighted by Crippen LogP contribution is -2.29. The van der Waals surface area contributed by atoms with Crippen LogP contribution in [0.1, 0.15) is 284 Å². The predicted molar refractivity (Wildman–Crippen MR) is 367 cm³/mol. The number of carbonyl (C=O) groups excluding carboxylic acids is 2. The van der Waals surface area contributed by atoms with Crippen molar-refractivity contribution in [2.45, 2.75) is 290 Å². The Morgan fingerprint density at radius 3 is 0.906 bits per heavy atom. The first-order valence-electron chi connectivity index (χ1n) is 34.3. The van der Waals surface area contributed by atoms with E-state index in [1.165, 1.54) is 122 Å². The maximum absolute atomic E-state index is 12.8. The molecule has 2 atom stereocenters. The van der Waals surface area contributed by atoms with Crippen LogP contribution < -0.4 is 5.73 Å². The number of phosphoric ester groups is 1. The van der Waals surface area contributed by atoms with Gasteiger partial charge in [0.05, 0.1) is 13.2 Å². The molecule has 0 amide bonds. The minimum Gasteiger partial charge on any atom is -0.462 e. The summed E-state index contributed by atoms with van der Waals surface area (Å²) in [6.07, 6.45) is 99.2. The molecule has 10 heteroatoms. The maximum atomic E-state index is 12.8. The quantitative estimate of drug-likeness (QED) is 0.0264. The highest BCUT2D eigenvalue weighted by molar-refractivity contribution is 7.47. The van der Waals surface area contributed by atoms with E-state index in [9.17, 15) is 19.0 Å². The van der Waals surface area contributed by atoms with E-state index >= 15 is 0 Å². The number of hydrogen-bond acceptors (Lipinski definition) is 8. The lowest BCUT2D eigenvalue weighted by atomic mass is 10.0. The van der Waals surface area contributed by atoms with E-state index < -0.39 is 26.5 Å². The molecule has 3 N–H and O–H groups in total. The molecule has 9 nitrogen and oxygen atoms in total. The van der Waals surface area contributed by atoms with Crippen molar-refractivity contribution >= 4 is 19.8 Å². The van der Waals surface area contributed by atoms with Crippen molar-refractivity contribution in [3.8, 4) is 0 Å². The second-order valence-electron chi connectivity index (χ2n) is 22.3. The van der Waals surface area contributed by atoms with Gasteiger partial charge in [0.2, 0.25) is 0 Å². The zero-order valence-electron chi connectivity index (χ0n) is 54.3. The molecular weight excluding hydrogens is 1070 g/mol. The lowest BCUT2D eigenvalue weighted by Gasteiger charge is -2.19. The van der Waals surface area contributed by atoms with Gasteiger partial charge in [-0.15, -0.1) is 0 Å². The Morgan fingerprint density at radius 1 is 0.353 bits per heavy atom. The summed E-state index contributed by atoms with van der Waals surface area (Å²) in [5.74, 6) is -0.833. The van der Waals surface area contributed by atoms with Crippen molar-refractivity contribution in [3.63, 3.8) is 0 Å². The van der Waals surface area contributed by atoms with Gasteiger partial charge in [-0.25, -0.2) is 4.57 Å². The zero-order valence-corrected chi connectivity index (χ0v) is 55.2. The van der Waals surface area contributed by atoms with Crippen LogP contribution in [0.4, 0.5) is 0 Å². The third-order valence-corrected chi connectivity index (χ3v) is 15.2. The molecule has 0 aromatic rings. The van der Waals surface area contributed by atoms with E-state index in [-0.39, 0.29) is 38.6 Å². The van der Waals surface area contributed by atoms with E-state index in [1.807, 2.05) is 0 Å². The maximum Gasteiger partial charge on any atom is 0.472 e. The van der Waals surface area contributed by atoms with Gasteiger partial charge in [0.1, 0.15) is 6.61 Å². The predicted octanol–water partition coefficient (Wildman–Crippen LogP) is 22.6. The van der Waals surface area contributed by atoms with Crippen LogP contribution in [-0.4, -0.2) is 49.3 Å². The third kappa shape index (κ3) is 68.9. The highest BCUT2D eigenvalue weighted by Crippen LogP contribution is 2.43.